The van der Waals surface area contributed by atoms with E-state index in [2.05, 4.69) is 106 Å². The Morgan fingerprint density at radius 3 is 1.12 bits per heavy atom. The van der Waals surface area contributed by atoms with Gasteiger partial charge in [0.05, 0.1) is 0 Å². The Hall–Kier alpha value is -3.41. The average Bonchev–Trinajstić information content (AvgIpc) is 3.21. The molecular weight excluding hydrogens is 709 g/mol. The fourth-order valence-corrected chi connectivity index (χ4v) is 5.92. The van der Waals surface area contributed by atoms with Crippen LogP contribution in [0.3, 0.4) is 0 Å². The normalized spacial score (nSPS) is 12.8. The van der Waals surface area contributed by atoms with Crippen LogP contribution in [0.5, 0.6) is 0 Å². The van der Waals surface area contributed by atoms with E-state index in [1.54, 1.807) is 0 Å². The molecule has 0 aliphatic rings. The largest absolute Gasteiger partial charge is 0.462 e. The molecule has 0 aromatic rings. The molecule has 324 valence electrons. The number of hydrogen-bond acceptors (Lipinski definition) is 6. The number of hydrogen-bond donors (Lipinski definition) is 0. The van der Waals surface area contributed by atoms with Crippen LogP contribution < -0.4 is 0 Å². The van der Waals surface area contributed by atoms with Crippen LogP contribution in [0.1, 0.15) is 201 Å². The summed E-state index contributed by atoms with van der Waals surface area (Å²) in [6.45, 7) is 6.29. The van der Waals surface area contributed by atoms with Crippen molar-refractivity contribution in [3.05, 3.63) is 85.1 Å². The lowest BCUT2D eigenvalue weighted by Gasteiger charge is -2.18. The molecule has 0 aliphatic carbocycles. The van der Waals surface area contributed by atoms with Crippen molar-refractivity contribution in [2.75, 3.05) is 13.2 Å². The number of allylic oxidation sites excluding steroid dienone is 14. The molecule has 0 fully saturated rings. The molecule has 0 aromatic carbocycles. The third-order valence-electron chi connectivity index (χ3n) is 9.36. The van der Waals surface area contributed by atoms with Gasteiger partial charge in [0.15, 0.2) is 6.10 Å². The summed E-state index contributed by atoms with van der Waals surface area (Å²) in [5.74, 6) is -0.972. The van der Waals surface area contributed by atoms with Crippen LogP contribution in [-0.4, -0.2) is 37.2 Å². The monoisotopic (exact) mass is 793 g/mol. The van der Waals surface area contributed by atoms with Crippen LogP contribution in [0.4, 0.5) is 0 Å². The minimum atomic E-state index is -0.803. The second-order valence-corrected chi connectivity index (χ2v) is 14.9. The van der Waals surface area contributed by atoms with Gasteiger partial charge in [0.1, 0.15) is 13.2 Å². The third-order valence-corrected chi connectivity index (χ3v) is 9.36. The first-order chi connectivity index (χ1) is 28.0. The van der Waals surface area contributed by atoms with E-state index in [9.17, 15) is 14.4 Å². The van der Waals surface area contributed by atoms with Gasteiger partial charge in [-0.1, -0.05) is 164 Å². The fraction of sp³-hybridized carbons (Fsp3) is 0.667. The van der Waals surface area contributed by atoms with Gasteiger partial charge in [0, 0.05) is 19.3 Å². The Morgan fingerprint density at radius 2 is 0.684 bits per heavy atom. The van der Waals surface area contributed by atoms with Gasteiger partial charge in [-0.25, -0.2) is 0 Å². The summed E-state index contributed by atoms with van der Waals surface area (Å²) in [4.78, 5) is 37.7. The minimum absolute atomic E-state index is 0.102. The van der Waals surface area contributed by atoms with Gasteiger partial charge in [-0.15, -0.1) is 0 Å². The van der Waals surface area contributed by atoms with Crippen LogP contribution in [0.2, 0.25) is 0 Å². The molecule has 0 saturated carbocycles. The van der Waals surface area contributed by atoms with Gasteiger partial charge in [0.25, 0.3) is 0 Å². The van der Waals surface area contributed by atoms with Crippen molar-refractivity contribution in [1.82, 2.24) is 0 Å². The highest BCUT2D eigenvalue weighted by atomic mass is 16.6. The van der Waals surface area contributed by atoms with Crippen molar-refractivity contribution in [3.8, 4) is 0 Å². The molecule has 1 atom stereocenters. The number of carbonyl (C=O) groups is 3. The second-order valence-electron chi connectivity index (χ2n) is 14.9. The quantitative estimate of drug-likeness (QED) is 0.0266. The summed E-state index contributed by atoms with van der Waals surface area (Å²) in [6.07, 6.45) is 57.1. The molecule has 6 nitrogen and oxygen atoms in total. The van der Waals surface area contributed by atoms with E-state index < -0.39 is 6.10 Å². The Balaban J connectivity index is 4.46. The van der Waals surface area contributed by atoms with E-state index in [-0.39, 0.29) is 37.5 Å². The first-order valence-electron chi connectivity index (χ1n) is 23.1. The molecular formula is C51H84O6. The number of rotatable bonds is 40. The highest BCUT2D eigenvalue weighted by Crippen LogP contribution is 2.12. The van der Waals surface area contributed by atoms with Gasteiger partial charge in [-0.05, 0) is 103 Å². The molecule has 57 heavy (non-hydrogen) atoms. The minimum Gasteiger partial charge on any atom is -0.462 e. The van der Waals surface area contributed by atoms with E-state index in [0.29, 0.717) is 19.3 Å². The van der Waals surface area contributed by atoms with Gasteiger partial charge < -0.3 is 14.2 Å². The molecule has 6 heteroatoms. The second kappa shape index (κ2) is 45.3. The molecule has 0 aliphatic heterocycles. The Labute approximate surface area is 350 Å². The van der Waals surface area contributed by atoms with E-state index in [1.165, 1.54) is 38.5 Å². The summed E-state index contributed by atoms with van der Waals surface area (Å²) >= 11 is 0. The number of carbonyl (C=O) groups excluding carboxylic acids is 3. The van der Waals surface area contributed by atoms with Crippen LogP contribution in [0.15, 0.2) is 85.1 Å². The SMILES string of the molecule is CC/C=C\C/C=C\C/C=C\CCCCCCCCC(=O)OCC(COC(=O)CCCCCCC/C=C\CCCC)OC(=O)CCCC/C=C\C/C=C\C/C=C\CC. The maximum Gasteiger partial charge on any atom is 0.306 e. The standard InChI is InChI=1S/C51H84O6/c1-4-7-10-13-16-19-22-24-25-26-27-30-32-35-38-41-44-50(53)56-47-48(46-55-49(52)43-40-37-34-31-28-21-18-15-12-9-6-3)57-51(54)45-42-39-36-33-29-23-20-17-14-11-8-5-2/h7-8,10-11,15-20,24-25,29,33,48H,4-6,9,12-14,21-23,26-28,30-32,34-47H2,1-3H3/b10-7-,11-8-,18-15-,19-16-,20-17-,25-24-,33-29-. The number of unbranched alkanes of at least 4 members (excludes halogenated alkanes) is 15. The first kappa shape index (κ1) is 53.6. The molecule has 0 spiro atoms. The lowest BCUT2D eigenvalue weighted by molar-refractivity contribution is -0.167. The van der Waals surface area contributed by atoms with Crippen LogP contribution in [-0.2, 0) is 28.6 Å². The molecule has 0 rings (SSSR count). The van der Waals surface area contributed by atoms with Crippen LogP contribution in [0.25, 0.3) is 0 Å². The van der Waals surface area contributed by atoms with Gasteiger partial charge in [0.2, 0.25) is 0 Å². The first-order valence-corrected chi connectivity index (χ1v) is 23.1. The van der Waals surface area contributed by atoms with Crippen LogP contribution in [0, 0.1) is 0 Å². The van der Waals surface area contributed by atoms with Crippen molar-refractivity contribution < 1.29 is 28.6 Å². The average molecular weight is 793 g/mol. The van der Waals surface area contributed by atoms with Gasteiger partial charge >= 0.3 is 17.9 Å². The molecule has 0 N–H and O–H groups in total. The Kier molecular flexibility index (Phi) is 42.6. The molecule has 0 bridgehead atoms. The predicted molar refractivity (Wildman–Crippen MR) is 242 cm³/mol. The Morgan fingerprint density at radius 1 is 0.368 bits per heavy atom. The highest BCUT2D eigenvalue weighted by Gasteiger charge is 2.19. The summed E-state index contributed by atoms with van der Waals surface area (Å²) in [5, 5.41) is 0. The topological polar surface area (TPSA) is 78.9 Å². The van der Waals surface area contributed by atoms with E-state index in [0.717, 1.165) is 116 Å². The predicted octanol–water partition coefficient (Wildman–Crippen LogP) is 14.9. The lowest BCUT2D eigenvalue weighted by Crippen LogP contribution is -2.30. The van der Waals surface area contributed by atoms with E-state index >= 15 is 0 Å². The maximum absolute atomic E-state index is 12.7. The lowest BCUT2D eigenvalue weighted by atomic mass is 10.1. The summed E-state index contributed by atoms with van der Waals surface area (Å²) in [5.41, 5.74) is 0. The molecule has 0 heterocycles. The molecule has 0 aromatic heterocycles. The number of ether oxygens (including phenoxy) is 3. The Bertz CT molecular complexity index is 1140. The summed E-state index contributed by atoms with van der Waals surface area (Å²) in [7, 11) is 0. The number of esters is 3. The van der Waals surface area contributed by atoms with E-state index in [1.807, 2.05) is 0 Å². The van der Waals surface area contributed by atoms with Crippen molar-refractivity contribution in [3.63, 3.8) is 0 Å². The van der Waals surface area contributed by atoms with Crippen LogP contribution >= 0.6 is 0 Å². The van der Waals surface area contributed by atoms with Crippen molar-refractivity contribution in [1.29, 1.82) is 0 Å². The van der Waals surface area contributed by atoms with Crippen molar-refractivity contribution in [2.24, 2.45) is 0 Å². The summed E-state index contributed by atoms with van der Waals surface area (Å²) < 4.78 is 16.7. The zero-order valence-corrected chi connectivity index (χ0v) is 36.8. The van der Waals surface area contributed by atoms with E-state index in [4.69, 9.17) is 14.2 Å². The molecule has 0 amide bonds. The zero-order valence-electron chi connectivity index (χ0n) is 36.8. The summed E-state index contributed by atoms with van der Waals surface area (Å²) in [6, 6.07) is 0. The van der Waals surface area contributed by atoms with Crippen molar-refractivity contribution >= 4 is 17.9 Å². The van der Waals surface area contributed by atoms with Gasteiger partial charge in [-0.2, -0.15) is 0 Å². The molecule has 0 saturated heterocycles. The van der Waals surface area contributed by atoms with Gasteiger partial charge in [-0.3, -0.25) is 14.4 Å². The molecule has 1 unspecified atom stereocenters. The zero-order chi connectivity index (χ0) is 41.5. The third kappa shape index (κ3) is 43.6. The maximum atomic E-state index is 12.7. The highest BCUT2D eigenvalue weighted by molar-refractivity contribution is 5.71. The fourth-order valence-electron chi connectivity index (χ4n) is 5.92. The molecule has 0 radical (unpaired) electrons. The smallest absolute Gasteiger partial charge is 0.306 e. The van der Waals surface area contributed by atoms with Crippen molar-refractivity contribution in [2.45, 2.75) is 207 Å².